The lowest BCUT2D eigenvalue weighted by atomic mass is 10.2. The van der Waals surface area contributed by atoms with Crippen LogP contribution < -0.4 is 10.3 Å². The van der Waals surface area contributed by atoms with E-state index in [4.69, 9.17) is 11.6 Å². The first-order valence-corrected chi connectivity index (χ1v) is 8.95. The van der Waals surface area contributed by atoms with Crippen LogP contribution in [0.2, 0.25) is 5.02 Å². The van der Waals surface area contributed by atoms with Crippen LogP contribution in [0.4, 0.5) is 0 Å². The maximum Gasteiger partial charge on any atom is 0.261 e. The summed E-state index contributed by atoms with van der Waals surface area (Å²) in [6, 6.07) is 13.1. The molecule has 3 aromatic rings. The fourth-order valence-corrected chi connectivity index (χ4v) is 3.82. The van der Waals surface area contributed by atoms with Crippen LogP contribution in [0.15, 0.2) is 58.2 Å². The molecule has 6 nitrogen and oxygen atoms in total. The molecule has 1 N–H and O–H groups in total. The van der Waals surface area contributed by atoms with Gasteiger partial charge in [-0.25, -0.2) is 18.1 Å². The zero-order chi connectivity index (χ0) is 17.3. The van der Waals surface area contributed by atoms with Gasteiger partial charge in [0.15, 0.2) is 0 Å². The van der Waals surface area contributed by atoms with E-state index in [2.05, 4.69) is 9.71 Å². The number of nitrogens with one attached hydrogen (secondary N) is 1. The highest BCUT2D eigenvalue weighted by Crippen LogP contribution is 2.20. The number of aromatic nitrogens is 2. The molecule has 1 heterocycles. The molecule has 0 spiro atoms. The minimum atomic E-state index is -3.81. The highest BCUT2D eigenvalue weighted by molar-refractivity contribution is 7.89. The Morgan fingerprint density at radius 2 is 1.79 bits per heavy atom. The first-order valence-electron chi connectivity index (χ1n) is 7.09. The van der Waals surface area contributed by atoms with E-state index in [1.165, 1.54) is 16.7 Å². The lowest BCUT2D eigenvalue weighted by Gasteiger charge is -2.11. The number of nitrogens with zero attached hydrogens (tertiary/aromatic N) is 2. The summed E-state index contributed by atoms with van der Waals surface area (Å²) in [5.74, 6) is 0.314. The molecule has 0 radical (unpaired) electrons. The molecule has 1 aromatic heterocycles. The van der Waals surface area contributed by atoms with Crippen molar-refractivity contribution >= 4 is 32.5 Å². The predicted octanol–water partition coefficient (Wildman–Crippen LogP) is 2.07. The molecule has 0 amide bonds. The van der Waals surface area contributed by atoms with Gasteiger partial charge in [0, 0.05) is 7.05 Å². The fourth-order valence-electron chi connectivity index (χ4n) is 2.32. The first kappa shape index (κ1) is 16.6. The molecule has 0 unspecified atom stereocenters. The summed E-state index contributed by atoms with van der Waals surface area (Å²) in [7, 11) is -2.25. The summed E-state index contributed by atoms with van der Waals surface area (Å²) in [4.78, 5) is 16.7. The Morgan fingerprint density at radius 1 is 1.12 bits per heavy atom. The third-order valence-electron chi connectivity index (χ3n) is 3.62. The number of fused-ring (bicyclic) bond motifs is 1. The normalized spacial score (nSPS) is 11.8. The molecule has 0 aliphatic rings. The number of hydrogen-bond donors (Lipinski definition) is 1. The maximum absolute atomic E-state index is 12.4. The molecule has 0 saturated carbocycles. The number of hydrogen-bond acceptors (Lipinski definition) is 4. The van der Waals surface area contributed by atoms with Crippen LogP contribution in [0.5, 0.6) is 0 Å². The smallest absolute Gasteiger partial charge is 0.261 e. The van der Waals surface area contributed by atoms with Crippen LogP contribution in [0.3, 0.4) is 0 Å². The number of halogens is 1. The Balaban J connectivity index is 1.95. The van der Waals surface area contributed by atoms with Crippen LogP contribution in [-0.4, -0.2) is 18.0 Å². The molecule has 0 saturated heterocycles. The molecular weight excluding hydrogens is 350 g/mol. The molecule has 0 fully saturated rings. The van der Waals surface area contributed by atoms with E-state index in [0.29, 0.717) is 16.7 Å². The monoisotopic (exact) mass is 363 g/mol. The second-order valence-corrected chi connectivity index (χ2v) is 7.31. The second kappa shape index (κ2) is 6.35. The maximum atomic E-state index is 12.4. The van der Waals surface area contributed by atoms with Crippen molar-refractivity contribution in [3.05, 3.63) is 69.7 Å². The summed E-state index contributed by atoms with van der Waals surface area (Å²) < 4.78 is 28.5. The number of benzene rings is 2. The van der Waals surface area contributed by atoms with Crippen LogP contribution >= 0.6 is 11.6 Å². The SMILES string of the molecule is Cn1c(CNS(=O)(=O)c2ccccc2Cl)nc2ccccc2c1=O. The zero-order valence-corrected chi connectivity index (χ0v) is 14.3. The Kier molecular flexibility index (Phi) is 4.40. The van der Waals surface area contributed by atoms with Gasteiger partial charge in [-0.15, -0.1) is 0 Å². The van der Waals surface area contributed by atoms with Crippen LogP contribution in [0.1, 0.15) is 5.82 Å². The van der Waals surface area contributed by atoms with E-state index < -0.39 is 10.0 Å². The third kappa shape index (κ3) is 3.06. The van der Waals surface area contributed by atoms with Gasteiger partial charge in [0.1, 0.15) is 10.7 Å². The Hall–Kier alpha value is -2.22. The standard InChI is InChI=1S/C16H14ClN3O3S/c1-20-15(19-13-8-4-2-6-11(13)16(20)21)10-18-24(22,23)14-9-5-3-7-12(14)17/h2-9,18H,10H2,1H3. The van der Waals surface area contributed by atoms with E-state index >= 15 is 0 Å². The minimum absolute atomic E-state index is 0.0162. The average Bonchev–Trinajstić information content (AvgIpc) is 2.57. The Morgan fingerprint density at radius 3 is 2.54 bits per heavy atom. The Bertz CT molecular complexity index is 1080. The Labute approximate surface area is 143 Å². The molecule has 2 aromatic carbocycles. The quantitative estimate of drug-likeness (QED) is 0.769. The highest BCUT2D eigenvalue weighted by Gasteiger charge is 2.18. The molecule has 8 heteroatoms. The lowest BCUT2D eigenvalue weighted by Crippen LogP contribution is -2.29. The lowest BCUT2D eigenvalue weighted by molar-refractivity contribution is 0.576. The van der Waals surface area contributed by atoms with E-state index in [0.717, 1.165) is 0 Å². The number of sulfonamides is 1. The highest BCUT2D eigenvalue weighted by atomic mass is 35.5. The summed E-state index contributed by atoms with van der Waals surface area (Å²) in [5, 5.41) is 0.614. The van der Waals surface area contributed by atoms with Gasteiger partial charge in [-0.2, -0.15) is 0 Å². The van der Waals surface area contributed by atoms with Crippen molar-refractivity contribution in [2.45, 2.75) is 11.4 Å². The molecule has 24 heavy (non-hydrogen) atoms. The summed E-state index contributed by atoms with van der Waals surface area (Å²) >= 11 is 5.94. The summed E-state index contributed by atoms with van der Waals surface area (Å²) in [6.07, 6.45) is 0. The molecule has 0 atom stereocenters. The van der Waals surface area contributed by atoms with Crippen LogP contribution in [0.25, 0.3) is 10.9 Å². The van der Waals surface area contributed by atoms with E-state index in [9.17, 15) is 13.2 Å². The molecule has 0 aliphatic heterocycles. The minimum Gasteiger partial charge on any atom is -0.298 e. The van der Waals surface area contributed by atoms with Gasteiger partial charge in [-0.1, -0.05) is 35.9 Å². The number of para-hydroxylation sites is 1. The van der Waals surface area contributed by atoms with Crippen molar-refractivity contribution in [2.24, 2.45) is 7.05 Å². The molecule has 3 rings (SSSR count). The number of rotatable bonds is 4. The van der Waals surface area contributed by atoms with Crippen molar-refractivity contribution in [1.82, 2.24) is 14.3 Å². The largest absolute Gasteiger partial charge is 0.298 e. The predicted molar refractivity (Wildman–Crippen MR) is 92.5 cm³/mol. The topological polar surface area (TPSA) is 81.1 Å². The third-order valence-corrected chi connectivity index (χ3v) is 5.52. The summed E-state index contributed by atoms with van der Waals surface area (Å²) in [6.45, 7) is -0.121. The van der Waals surface area contributed by atoms with Crippen molar-refractivity contribution in [1.29, 1.82) is 0 Å². The van der Waals surface area contributed by atoms with Crippen molar-refractivity contribution in [2.75, 3.05) is 0 Å². The van der Waals surface area contributed by atoms with Crippen molar-refractivity contribution in [3.63, 3.8) is 0 Å². The first-order chi connectivity index (χ1) is 11.4. The molecular formula is C16H14ClN3O3S. The van der Waals surface area contributed by atoms with Gasteiger partial charge in [0.05, 0.1) is 22.5 Å². The zero-order valence-electron chi connectivity index (χ0n) is 12.7. The molecule has 0 aliphatic carbocycles. The van der Waals surface area contributed by atoms with Gasteiger partial charge in [0.25, 0.3) is 5.56 Å². The van der Waals surface area contributed by atoms with Gasteiger partial charge < -0.3 is 0 Å². The van der Waals surface area contributed by atoms with Crippen molar-refractivity contribution < 1.29 is 8.42 Å². The van der Waals surface area contributed by atoms with E-state index in [1.54, 1.807) is 43.4 Å². The average molecular weight is 364 g/mol. The van der Waals surface area contributed by atoms with Crippen molar-refractivity contribution in [3.8, 4) is 0 Å². The summed E-state index contributed by atoms with van der Waals surface area (Å²) in [5.41, 5.74) is 0.292. The van der Waals surface area contributed by atoms with E-state index in [1.807, 2.05) is 0 Å². The fraction of sp³-hybridized carbons (Fsp3) is 0.125. The van der Waals surface area contributed by atoms with E-state index in [-0.39, 0.29) is 22.0 Å². The molecule has 0 bridgehead atoms. The van der Waals surface area contributed by atoms with Crippen LogP contribution in [-0.2, 0) is 23.6 Å². The van der Waals surface area contributed by atoms with Gasteiger partial charge in [-0.3, -0.25) is 9.36 Å². The van der Waals surface area contributed by atoms with Gasteiger partial charge in [0.2, 0.25) is 10.0 Å². The van der Waals surface area contributed by atoms with Gasteiger partial charge in [-0.05, 0) is 24.3 Å². The second-order valence-electron chi connectivity index (χ2n) is 5.16. The van der Waals surface area contributed by atoms with Crippen LogP contribution in [0, 0.1) is 0 Å². The van der Waals surface area contributed by atoms with Gasteiger partial charge >= 0.3 is 0 Å². The molecule has 124 valence electrons.